The first-order valence-corrected chi connectivity index (χ1v) is 8.76. The number of halogens is 1. The van der Waals surface area contributed by atoms with Crippen LogP contribution in [0.1, 0.15) is 22.5 Å². The van der Waals surface area contributed by atoms with Gasteiger partial charge in [0, 0.05) is 32.8 Å². The first kappa shape index (κ1) is 20.5. The number of aromatic nitrogens is 2. The van der Waals surface area contributed by atoms with Crippen molar-refractivity contribution in [1.82, 2.24) is 20.4 Å². The minimum Gasteiger partial charge on any atom is -0.488 e. The summed E-state index contributed by atoms with van der Waals surface area (Å²) >= 11 is 0. The third-order valence-electron chi connectivity index (χ3n) is 4.76. The number of para-hydroxylation sites is 1. The molecule has 0 aliphatic carbocycles. The highest BCUT2D eigenvalue weighted by Crippen LogP contribution is 2.27. The predicted molar refractivity (Wildman–Crippen MR) is 116 cm³/mol. The van der Waals surface area contributed by atoms with E-state index in [1.807, 2.05) is 23.9 Å². The minimum absolute atomic E-state index is 0. The molecule has 7 heteroatoms. The molecule has 26 heavy (non-hydrogen) atoms. The SMILES string of the molecule is CN=C(NCCc1c(C)nn(C)c1C)NCC1Cc2ccccc2O1.I. The van der Waals surface area contributed by atoms with Crippen LogP contribution in [0.4, 0.5) is 0 Å². The van der Waals surface area contributed by atoms with Crippen molar-refractivity contribution in [3.8, 4) is 5.75 Å². The maximum absolute atomic E-state index is 5.95. The topological polar surface area (TPSA) is 63.5 Å². The maximum atomic E-state index is 5.95. The van der Waals surface area contributed by atoms with Gasteiger partial charge in [-0.1, -0.05) is 18.2 Å². The summed E-state index contributed by atoms with van der Waals surface area (Å²) in [7, 11) is 3.78. The first-order chi connectivity index (χ1) is 12.1. The third-order valence-corrected chi connectivity index (χ3v) is 4.76. The number of ether oxygens (including phenoxy) is 1. The zero-order valence-corrected chi connectivity index (χ0v) is 18.2. The van der Waals surface area contributed by atoms with Crippen LogP contribution in [0.15, 0.2) is 29.3 Å². The molecule has 1 atom stereocenters. The van der Waals surface area contributed by atoms with Gasteiger partial charge < -0.3 is 15.4 Å². The Morgan fingerprint density at radius 3 is 2.73 bits per heavy atom. The van der Waals surface area contributed by atoms with E-state index < -0.39 is 0 Å². The van der Waals surface area contributed by atoms with Crippen molar-refractivity contribution in [3.63, 3.8) is 0 Å². The molecule has 0 saturated carbocycles. The number of guanidine groups is 1. The number of nitrogens with one attached hydrogen (secondary N) is 2. The second-order valence-electron chi connectivity index (χ2n) is 6.45. The van der Waals surface area contributed by atoms with E-state index in [2.05, 4.69) is 46.7 Å². The quantitative estimate of drug-likeness (QED) is 0.401. The van der Waals surface area contributed by atoms with Gasteiger partial charge in [-0.05, 0) is 37.5 Å². The molecule has 0 fully saturated rings. The number of hydrogen-bond donors (Lipinski definition) is 2. The van der Waals surface area contributed by atoms with Gasteiger partial charge in [0.25, 0.3) is 0 Å². The maximum Gasteiger partial charge on any atom is 0.191 e. The van der Waals surface area contributed by atoms with Gasteiger partial charge in [-0.2, -0.15) is 5.10 Å². The zero-order chi connectivity index (χ0) is 17.8. The van der Waals surface area contributed by atoms with Crippen molar-refractivity contribution in [2.24, 2.45) is 12.0 Å². The van der Waals surface area contributed by atoms with Crippen molar-refractivity contribution < 1.29 is 4.74 Å². The van der Waals surface area contributed by atoms with Crippen LogP contribution in [0.5, 0.6) is 5.75 Å². The van der Waals surface area contributed by atoms with Crippen molar-refractivity contribution >= 4 is 29.9 Å². The summed E-state index contributed by atoms with van der Waals surface area (Å²) in [5.41, 5.74) is 4.90. The molecule has 0 bridgehead atoms. The number of aliphatic imine (C=N–C) groups is 1. The van der Waals surface area contributed by atoms with Gasteiger partial charge in [0.1, 0.15) is 11.9 Å². The molecule has 3 rings (SSSR count). The summed E-state index contributed by atoms with van der Waals surface area (Å²) in [6, 6.07) is 8.22. The Morgan fingerprint density at radius 1 is 1.31 bits per heavy atom. The molecule has 2 heterocycles. The van der Waals surface area contributed by atoms with Crippen LogP contribution < -0.4 is 15.4 Å². The molecular formula is C19H28IN5O. The van der Waals surface area contributed by atoms with Crippen LogP contribution in [-0.2, 0) is 19.9 Å². The number of benzene rings is 1. The van der Waals surface area contributed by atoms with Crippen molar-refractivity contribution in [2.45, 2.75) is 32.8 Å². The lowest BCUT2D eigenvalue weighted by Gasteiger charge is -2.15. The highest BCUT2D eigenvalue weighted by Gasteiger charge is 2.22. The number of aryl methyl sites for hydroxylation is 2. The molecule has 2 aromatic rings. The number of hydrogen-bond acceptors (Lipinski definition) is 3. The van der Waals surface area contributed by atoms with E-state index in [1.165, 1.54) is 16.8 Å². The Bertz CT molecular complexity index is 746. The fraction of sp³-hybridized carbons (Fsp3) is 0.474. The molecule has 2 N–H and O–H groups in total. The second-order valence-corrected chi connectivity index (χ2v) is 6.45. The third kappa shape index (κ3) is 4.69. The molecule has 1 aromatic heterocycles. The van der Waals surface area contributed by atoms with Gasteiger partial charge in [0.15, 0.2) is 5.96 Å². The van der Waals surface area contributed by atoms with Gasteiger partial charge in [0.2, 0.25) is 0 Å². The Balaban J connectivity index is 0.00000243. The summed E-state index contributed by atoms with van der Waals surface area (Å²) in [4.78, 5) is 4.30. The molecule has 142 valence electrons. The van der Waals surface area contributed by atoms with Gasteiger partial charge in [-0.3, -0.25) is 9.67 Å². The molecule has 0 amide bonds. The zero-order valence-electron chi connectivity index (χ0n) is 15.9. The van der Waals surface area contributed by atoms with E-state index >= 15 is 0 Å². The van der Waals surface area contributed by atoms with E-state index in [0.717, 1.165) is 43.3 Å². The fourth-order valence-corrected chi connectivity index (χ4v) is 3.28. The van der Waals surface area contributed by atoms with Crippen LogP contribution in [0.2, 0.25) is 0 Å². The van der Waals surface area contributed by atoms with Crippen LogP contribution >= 0.6 is 24.0 Å². The number of rotatable bonds is 5. The standard InChI is InChI=1S/C19H27N5O.HI/c1-13-17(14(2)24(4)23-13)9-10-21-19(20-3)22-12-16-11-15-7-5-6-8-18(15)25-16;/h5-8,16H,9-12H2,1-4H3,(H2,20,21,22);1H. The fourth-order valence-electron chi connectivity index (χ4n) is 3.28. The van der Waals surface area contributed by atoms with E-state index in [0.29, 0.717) is 0 Å². The summed E-state index contributed by atoms with van der Waals surface area (Å²) in [6.07, 6.45) is 2.02. The van der Waals surface area contributed by atoms with E-state index in [9.17, 15) is 0 Å². The highest BCUT2D eigenvalue weighted by molar-refractivity contribution is 14.0. The predicted octanol–water partition coefficient (Wildman–Crippen LogP) is 2.37. The van der Waals surface area contributed by atoms with Crippen LogP contribution in [0.25, 0.3) is 0 Å². The molecule has 0 saturated heterocycles. The smallest absolute Gasteiger partial charge is 0.191 e. The Labute approximate surface area is 172 Å². The lowest BCUT2D eigenvalue weighted by molar-refractivity contribution is 0.235. The van der Waals surface area contributed by atoms with Crippen LogP contribution in [-0.4, -0.2) is 42.0 Å². The minimum atomic E-state index is 0. The van der Waals surface area contributed by atoms with E-state index in [1.54, 1.807) is 7.05 Å². The van der Waals surface area contributed by atoms with Gasteiger partial charge >= 0.3 is 0 Å². The molecule has 1 aliphatic heterocycles. The largest absolute Gasteiger partial charge is 0.488 e. The number of fused-ring (bicyclic) bond motifs is 1. The van der Waals surface area contributed by atoms with Gasteiger partial charge in [0.05, 0.1) is 12.2 Å². The van der Waals surface area contributed by atoms with Crippen LogP contribution in [0, 0.1) is 13.8 Å². The average Bonchev–Trinajstić information content (AvgIpc) is 3.12. The molecule has 1 aromatic carbocycles. The molecule has 0 radical (unpaired) electrons. The molecular weight excluding hydrogens is 441 g/mol. The lowest BCUT2D eigenvalue weighted by atomic mass is 10.1. The normalized spacial score (nSPS) is 15.8. The lowest BCUT2D eigenvalue weighted by Crippen LogP contribution is -2.42. The van der Waals surface area contributed by atoms with Crippen molar-refractivity contribution in [2.75, 3.05) is 20.1 Å². The molecule has 1 aliphatic rings. The van der Waals surface area contributed by atoms with Crippen LogP contribution in [0.3, 0.4) is 0 Å². The van der Waals surface area contributed by atoms with E-state index in [4.69, 9.17) is 4.74 Å². The van der Waals surface area contributed by atoms with Crippen molar-refractivity contribution in [1.29, 1.82) is 0 Å². The Kier molecular flexibility index (Phi) is 7.31. The van der Waals surface area contributed by atoms with E-state index in [-0.39, 0.29) is 30.1 Å². The highest BCUT2D eigenvalue weighted by atomic mass is 127. The summed E-state index contributed by atoms with van der Waals surface area (Å²) < 4.78 is 7.89. The summed E-state index contributed by atoms with van der Waals surface area (Å²) in [5, 5.41) is 11.2. The Morgan fingerprint density at radius 2 is 2.08 bits per heavy atom. The van der Waals surface area contributed by atoms with Crippen molar-refractivity contribution in [3.05, 3.63) is 46.8 Å². The van der Waals surface area contributed by atoms with Gasteiger partial charge in [-0.15, -0.1) is 24.0 Å². The van der Waals surface area contributed by atoms with Gasteiger partial charge in [-0.25, -0.2) is 0 Å². The molecule has 6 nitrogen and oxygen atoms in total. The summed E-state index contributed by atoms with van der Waals surface area (Å²) in [6.45, 7) is 5.72. The average molecular weight is 469 g/mol. The summed E-state index contributed by atoms with van der Waals surface area (Å²) in [5.74, 6) is 1.80. The first-order valence-electron chi connectivity index (χ1n) is 8.76. The molecule has 1 unspecified atom stereocenters. The Hall–Kier alpha value is -1.77. The monoisotopic (exact) mass is 469 g/mol. The second kappa shape index (κ2) is 9.25. The number of nitrogens with zero attached hydrogens (tertiary/aromatic N) is 3. The molecule has 0 spiro atoms.